The maximum absolute atomic E-state index is 12.9. The molecular weight excluding hydrogens is 452 g/mol. The van der Waals surface area contributed by atoms with E-state index in [1.807, 2.05) is 77.7 Å². The number of hydrogen-bond donors (Lipinski definition) is 1. The molecule has 1 aliphatic heterocycles. The van der Waals surface area contributed by atoms with Gasteiger partial charge in [-0.05, 0) is 35.7 Å². The Bertz CT molecular complexity index is 1450. The molecule has 5 rings (SSSR count). The Labute approximate surface area is 209 Å². The number of fused-ring (bicyclic) bond motifs is 2. The average Bonchev–Trinajstić information content (AvgIpc) is 3.23. The fraction of sp³-hybridized carbons (Fsp3) is 0.241. The molecule has 7 nitrogen and oxygen atoms in total. The van der Waals surface area contributed by atoms with Gasteiger partial charge < -0.3 is 10.2 Å². The lowest BCUT2D eigenvalue weighted by Gasteiger charge is -2.24. The van der Waals surface area contributed by atoms with Crippen LogP contribution in [0.2, 0.25) is 0 Å². The molecule has 1 aliphatic rings. The van der Waals surface area contributed by atoms with Gasteiger partial charge in [-0.15, -0.1) is 0 Å². The second-order valence-corrected chi connectivity index (χ2v) is 9.12. The Hall–Kier alpha value is -4.26. The molecule has 36 heavy (non-hydrogen) atoms. The van der Waals surface area contributed by atoms with Crippen LogP contribution in [0.3, 0.4) is 0 Å². The molecule has 4 aromatic rings. The first-order chi connectivity index (χ1) is 17.6. The molecule has 1 atom stereocenters. The first-order valence-corrected chi connectivity index (χ1v) is 12.2. The predicted molar refractivity (Wildman–Crippen MR) is 139 cm³/mol. The van der Waals surface area contributed by atoms with Crippen LogP contribution in [0.15, 0.2) is 90.0 Å². The van der Waals surface area contributed by atoms with Crippen molar-refractivity contribution in [3.63, 3.8) is 0 Å². The predicted octanol–water partition coefficient (Wildman–Crippen LogP) is 3.73. The molecule has 0 radical (unpaired) electrons. The molecule has 1 aromatic heterocycles. The van der Waals surface area contributed by atoms with Crippen molar-refractivity contribution in [2.24, 2.45) is 0 Å². The molecule has 7 heteroatoms. The summed E-state index contributed by atoms with van der Waals surface area (Å²) in [6.45, 7) is 1.96. The van der Waals surface area contributed by atoms with Gasteiger partial charge in [-0.1, -0.05) is 60.7 Å². The van der Waals surface area contributed by atoms with Crippen molar-refractivity contribution < 1.29 is 9.59 Å². The van der Waals surface area contributed by atoms with Crippen LogP contribution in [-0.2, 0) is 17.9 Å². The van der Waals surface area contributed by atoms with E-state index >= 15 is 0 Å². The topological polar surface area (TPSA) is 84.3 Å². The summed E-state index contributed by atoms with van der Waals surface area (Å²) >= 11 is 0. The number of aryl methyl sites for hydroxylation is 1. The monoisotopic (exact) mass is 480 g/mol. The molecule has 0 saturated heterocycles. The number of para-hydroxylation sites is 1. The molecule has 2 amide bonds. The second kappa shape index (κ2) is 10.6. The van der Waals surface area contributed by atoms with Gasteiger partial charge in [0.05, 0.1) is 17.2 Å². The van der Waals surface area contributed by atoms with E-state index in [9.17, 15) is 14.4 Å². The highest BCUT2D eigenvalue weighted by Gasteiger charge is 2.29. The minimum Gasteiger partial charge on any atom is -0.355 e. The summed E-state index contributed by atoms with van der Waals surface area (Å²) in [6, 6.07) is 24.9. The van der Waals surface area contributed by atoms with E-state index in [1.54, 1.807) is 17.0 Å². The molecule has 1 N–H and O–H groups in total. The van der Waals surface area contributed by atoms with Crippen molar-refractivity contribution >= 4 is 22.7 Å². The van der Waals surface area contributed by atoms with Crippen molar-refractivity contribution in [2.45, 2.75) is 31.8 Å². The number of carbonyl (C=O) groups excluding carboxylic acids is 2. The Morgan fingerprint density at radius 3 is 2.53 bits per heavy atom. The van der Waals surface area contributed by atoms with Gasteiger partial charge in [-0.25, -0.2) is 4.98 Å². The molecule has 3 aromatic carbocycles. The fourth-order valence-electron chi connectivity index (χ4n) is 4.74. The Balaban J connectivity index is 1.18. The Kier molecular flexibility index (Phi) is 6.89. The number of amides is 2. The number of benzene rings is 3. The Morgan fingerprint density at radius 1 is 0.944 bits per heavy atom. The highest BCUT2D eigenvalue weighted by molar-refractivity contribution is 5.98. The lowest BCUT2D eigenvalue weighted by atomic mass is 9.98. The Morgan fingerprint density at radius 2 is 1.69 bits per heavy atom. The van der Waals surface area contributed by atoms with E-state index in [0.717, 1.165) is 16.7 Å². The summed E-state index contributed by atoms with van der Waals surface area (Å²) in [5.74, 6) is -0.0678. The van der Waals surface area contributed by atoms with E-state index < -0.39 is 0 Å². The highest BCUT2D eigenvalue weighted by atomic mass is 16.2. The standard InChI is InChI=1S/C29H28N4O3/c34-27(15-8-16-32-20-31-26-14-7-6-13-25(26)29(32)36)30-17-23(21-9-2-1-3-10-21)19-33-18-22-11-4-5-12-24(22)28(33)35/h1-7,9-14,20,23H,8,15-19H2,(H,30,34)/t23-/m0/s1. The molecule has 0 saturated carbocycles. The van der Waals surface area contributed by atoms with E-state index in [2.05, 4.69) is 10.3 Å². The highest BCUT2D eigenvalue weighted by Crippen LogP contribution is 2.26. The van der Waals surface area contributed by atoms with E-state index in [4.69, 9.17) is 0 Å². The number of rotatable bonds is 9. The summed E-state index contributed by atoms with van der Waals surface area (Å²) in [4.78, 5) is 44.4. The molecule has 0 bridgehead atoms. The van der Waals surface area contributed by atoms with Crippen LogP contribution >= 0.6 is 0 Å². The van der Waals surface area contributed by atoms with Crippen molar-refractivity contribution in [3.8, 4) is 0 Å². The lowest BCUT2D eigenvalue weighted by molar-refractivity contribution is -0.121. The van der Waals surface area contributed by atoms with Crippen LogP contribution in [0.1, 0.15) is 40.2 Å². The largest absolute Gasteiger partial charge is 0.355 e. The summed E-state index contributed by atoms with van der Waals surface area (Å²) in [5, 5.41) is 3.62. The first-order valence-electron chi connectivity index (χ1n) is 12.2. The van der Waals surface area contributed by atoms with Gasteiger partial charge >= 0.3 is 0 Å². The third-order valence-electron chi connectivity index (χ3n) is 6.69. The summed E-state index contributed by atoms with van der Waals surface area (Å²) in [6.07, 6.45) is 2.37. The van der Waals surface area contributed by atoms with Gasteiger partial charge in [-0.3, -0.25) is 19.0 Å². The van der Waals surface area contributed by atoms with Crippen molar-refractivity contribution in [1.82, 2.24) is 19.8 Å². The van der Waals surface area contributed by atoms with E-state index in [0.29, 0.717) is 49.9 Å². The summed E-state index contributed by atoms with van der Waals surface area (Å²) in [7, 11) is 0. The number of hydrogen-bond acceptors (Lipinski definition) is 4. The zero-order valence-electron chi connectivity index (χ0n) is 20.0. The number of aromatic nitrogens is 2. The zero-order chi connectivity index (χ0) is 24.9. The number of nitrogens with one attached hydrogen (secondary N) is 1. The van der Waals surface area contributed by atoms with Crippen LogP contribution < -0.4 is 10.9 Å². The van der Waals surface area contributed by atoms with Crippen LogP contribution in [-0.4, -0.2) is 39.4 Å². The van der Waals surface area contributed by atoms with E-state index in [-0.39, 0.29) is 23.3 Å². The van der Waals surface area contributed by atoms with Gasteiger partial charge in [0, 0.05) is 44.1 Å². The van der Waals surface area contributed by atoms with Crippen LogP contribution in [0.25, 0.3) is 10.9 Å². The van der Waals surface area contributed by atoms with E-state index in [1.165, 1.54) is 0 Å². The second-order valence-electron chi connectivity index (χ2n) is 9.12. The third kappa shape index (κ3) is 5.05. The van der Waals surface area contributed by atoms with Crippen molar-refractivity contribution in [2.75, 3.05) is 13.1 Å². The normalized spacial score (nSPS) is 13.6. The van der Waals surface area contributed by atoms with Crippen molar-refractivity contribution in [1.29, 1.82) is 0 Å². The van der Waals surface area contributed by atoms with Crippen LogP contribution in [0.5, 0.6) is 0 Å². The lowest BCUT2D eigenvalue weighted by Crippen LogP contribution is -2.36. The maximum Gasteiger partial charge on any atom is 0.261 e. The minimum atomic E-state index is -0.0959. The molecule has 182 valence electrons. The SMILES string of the molecule is O=C(CCCn1cnc2ccccc2c1=O)NC[C@@H](CN1Cc2ccccc2C1=O)c1ccccc1. The number of carbonyl (C=O) groups is 2. The molecular formula is C29H28N4O3. The first kappa shape index (κ1) is 23.5. The maximum atomic E-state index is 12.9. The van der Waals surface area contributed by atoms with Gasteiger partial charge in [-0.2, -0.15) is 0 Å². The van der Waals surface area contributed by atoms with Crippen LogP contribution in [0.4, 0.5) is 0 Å². The third-order valence-corrected chi connectivity index (χ3v) is 6.69. The zero-order valence-corrected chi connectivity index (χ0v) is 20.0. The number of nitrogens with zero attached hydrogens (tertiary/aromatic N) is 3. The quantitative estimate of drug-likeness (QED) is 0.396. The molecule has 0 aliphatic carbocycles. The van der Waals surface area contributed by atoms with Gasteiger partial charge in [0.1, 0.15) is 0 Å². The minimum absolute atomic E-state index is 0.0271. The average molecular weight is 481 g/mol. The summed E-state index contributed by atoms with van der Waals surface area (Å²) < 4.78 is 1.55. The molecule has 0 spiro atoms. The van der Waals surface area contributed by atoms with Gasteiger partial charge in [0.15, 0.2) is 0 Å². The fourth-order valence-corrected chi connectivity index (χ4v) is 4.74. The van der Waals surface area contributed by atoms with Crippen LogP contribution in [0, 0.1) is 0 Å². The van der Waals surface area contributed by atoms with Gasteiger partial charge in [0.2, 0.25) is 5.91 Å². The molecule has 2 heterocycles. The molecule has 0 fully saturated rings. The molecule has 0 unspecified atom stereocenters. The smallest absolute Gasteiger partial charge is 0.261 e. The van der Waals surface area contributed by atoms with Gasteiger partial charge in [0.25, 0.3) is 11.5 Å². The summed E-state index contributed by atoms with van der Waals surface area (Å²) in [5.41, 5.74) is 3.45. The van der Waals surface area contributed by atoms with Crippen molar-refractivity contribution in [3.05, 3.63) is 112 Å².